The molecule has 0 aliphatic carbocycles. The molecule has 0 bridgehead atoms. The van der Waals surface area contributed by atoms with Gasteiger partial charge in [0.25, 0.3) is 5.91 Å². The number of carbonyl (C=O) groups is 1. The van der Waals surface area contributed by atoms with E-state index in [1.54, 1.807) is 12.4 Å². The predicted molar refractivity (Wildman–Crippen MR) is 113 cm³/mol. The first kappa shape index (κ1) is 19.6. The summed E-state index contributed by atoms with van der Waals surface area (Å²) in [5.74, 6) is 0.351. The van der Waals surface area contributed by atoms with Crippen molar-refractivity contribution in [2.75, 3.05) is 13.2 Å². The van der Waals surface area contributed by atoms with Crippen molar-refractivity contribution in [3.05, 3.63) is 65.2 Å². The SMILES string of the molecule is CCCc1ccc2oc(C(=O)N(Cc3ccncc3)C[C@@H]3CCCO3)c(C)c2c1. The van der Waals surface area contributed by atoms with Crippen LogP contribution in [0.4, 0.5) is 0 Å². The Balaban J connectivity index is 1.64. The van der Waals surface area contributed by atoms with Crippen LogP contribution in [0.3, 0.4) is 0 Å². The highest BCUT2D eigenvalue weighted by molar-refractivity contribution is 5.99. The minimum absolute atomic E-state index is 0.0805. The van der Waals surface area contributed by atoms with Crippen molar-refractivity contribution in [3.63, 3.8) is 0 Å². The minimum atomic E-state index is -0.0805. The number of aryl methyl sites for hydroxylation is 2. The molecule has 29 heavy (non-hydrogen) atoms. The smallest absolute Gasteiger partial charge is 0.290 e. The average Bonchev–Trinajstić information content (AvgIpc) is 3.36. The monoisotopic (exact) mass is 392 g/mol. The van der Waals surface area contributed by atoms with Crippen molar-refractivity contribution in [2.45, 2.75) is 52.2 Å². The van der Waals surface area contributed by atoms with Gasteiger partial charge in [-0.2, -0.15) is 0 Å². The Morgan fingerprint density at radius 2 is 2.03 bits per heavy atom. The average molecular weight is 392 g/mol. The van der Waals surface area contributed by atoms with Crippen LogP contribution in [0.25, 0.3) is 11.0 Å². The number of ether oxygens (including phenoxy) is 1. The molecule has 0 unspecified atom stereocenters. The van der Waals surface area contributed by atoms with E-state index in [2.05, 4.69) is 24.0 Å². The van der Waals surface area contributed by atoms with E-state index in [1.807, 2.05) is 30.0 Å². The van der Waals surface area contributed by atoms with Crippen molar-refractivity contribution in [1.29, 1.82) is 0 Å². The summed E-state index contributed by atoms with van der Waals surface area (Å²) in [6, 6.07) is 10.1. The molecule has 3 heterocycles. The van der Waals surface area contributed by atoms with Gasteiger partial charge in [0.2, 0.25) is 0 Å². The molecule has 1 aliphatic rings. The molecule has 1 saturated heterocycles. The Bertz CT molecular complexity index is 974. The standard InChI is InChI=1S/C24H28N2O3/c1-3-5-18-7-8-22-21(14-18)17(2)23(29-22)24(27)26(16-20-6-4-13-28-20)15-19-9-11-25-12-10-19/h7-12,14,20H,3-6,13,15-16H2,1-2H3/t20-/m0/s1. The largest absolute Gasteiger partial charge is 0.451 e. The number of hydrogen-bond acceptors (Lipinski definition) is 4. The van der Waals surface area contributed by atoms with E-state index < -0.39 is 0 Å². The van der Waals surface area contributed by atoms with Gasteiger partial charge in [-0.05, 0) is 61.6 Å². The van der Waals surface area contributed by atoms with Crippen LogP contribution in [0.15, 0.2) is 47.1 Å². The molecule has 1 aromatic carbocycles. The maximum absolute atomic E-state index is 13.5. The number of hydrogen-bond donors (Lipinski definition) is 0. The molecule has 5 heteroatoms. The van der Waals surface area contributed by atoms with Crippen LogP contribution in [0.5, 0.6) is 0 Å². The van der Waals surface area contributed by atoms with Gasteiger partial charge in [-0.3, -0.25) is 9.78 Å². The van der Waals surface area contributed by atoms with Gasteiger partial charge in [0.05, 0.1) is 6.10 Å². The minimum Gasteiger partial charge on any atom is -0.451 e. The summed E-state index contributed by atoms with van der Waals surface area (Å²) in [4.78, 5) is 19.4. The molecular weight excluding hydrogens is 364 g/mol. The van der Waals surface area contributed by atoms with Crippen molar-refractivity contribution < 1.29 is 13.9 Å². The Morgan fingerprint density at radius 1 is 1.21 bits per heavy atom. The fraction of sp³-hybridized carbons (Fsp3) is 0.417. The zero-order chi connectivity index (χ0) is 20.2. The number of pyridine rings is 1. The zero-order valence-electron chi connectivity index (χ0n) is 17.2. The first-order valence-electron chi connectivity index (χ1n) is 10.5. The first-order chi connectivity index (χ1) is 14.2. The van der Waals surface area contributed by atoms with Crippen molar-refractivity contribution in [3.8, 4) is 0 Å². The molecule has 1 fully saturated rings. The summed E-state index contributed by atoms with van der Waals surface area (Å²) < 4.78 is 11.8. The van der Waals surface area contributed by atoms with Crippen LogP contribution < -0.4 is 0 Å². The van der Waals surface area contributed by atoms with Crippen LogP contribution in [-0.4, -0.2) is 35.0 Å². The molecule has 152 valence electrons. The Labute approximate surface area is 171 Å². The lowest BCUT2D eigenvalue weighted by Gasteiger charge is -2.25. The highest BCUT2D eigenvalue weighted by atomic mass is 16.5. The van der Waals surface area contributed by atoms with Crippen LogP contribution in [-0.2, 0) is 17.7 Å². The van der Waals surface area contributed by atoms with Gasteiger partial charge in [-0.15, -0.1) is 0 Å². The molecule has 0 saturated carbocycles. The number of nitrogens with zero attached hydrogens (tertiary/aromatic N) is 2. The van der Waals surface area contributed by atoms with E-state index in [9.17, 15) is 4.79 Å². The number of carbonyl (C=O) groups excluding carboxylic acids is 1. The third-order valence-corrected chi connectivity index (χ3v) is 5.59. The van der Waals surface area contributed by atoms with Crippen LogP contribution in [0.2, 0.25) is 0 Å². The molecule has 5 nitrogen and oxygen atoms in total. The normalized spacial score (nSPS) is 16.4. The van der Waals surface area contributed by atoms with Crippen molar-refractivity contribution in [2.24, 2.45) is 0 Å². The Hall–Kier alpha value is -2.66. The lowest BCUT2D eigenvalue weighted by atomic mass is 10.1. The van der Waals surface area contributed by atoms with Crippen molar-refractivity contribution >= 4 is 16.9 Å². The first-order valence-corrected chi connectivity index (χ1v) is 10.5. The lowest BCUT2D eigenvalue weighted by Crippen LogP contribution is -2.37. The second kappa shape index (κ2) is 8.78. The van der Waals surface area contributed by atoms with E-state index in [0.717, 1.165) is 54.4 Å². The maximum Gasteiger partial charge on any atom is 0.290 e. The topological polar surface area (TPSA) is 55.6 Å². The van der Waals surface area contributed by atoms with E-state index in [1.165, 1.54) is 5.56 Å². The fourth-order valence-corrected chi connectivity index (χ4v) is 4.02. The molecule has 4 rings (SSSR count). The van der Waals surface area contributed by atoms with E-state index in [0.29, 0.717) is 18.8 Å². The Morgan fingerprint density at radius 3 is 2.76 bits per heavy atom. The summed E-state index contributed by atoms with van der Waals surface area (Å²) >= 11 is 0. The van der Waals surface area contributed by atoms with E-state index in [4.69, 9.17) is 9.15 Å². The molecule has 2 aromatic heterocycles. The van der Waals surface area contributed by atoms with Gasteiger partial charge < -0.3 is 14.1 Å². The van der Waals surface area contributed by atoms with E-state index in [-0.39, 0.29) is 12.0 Å². The quantitative estimate of drug-likeness (QED) is 0.573. The van der Waals surface area contributed by atoms with Gasteiger partial charge in [0, 0.05) is 43.0 Å². The summed E-state index contributed by atoms with van der Waals surface area (Å²) in [6.07, 6.45) is 7.75. The number of rotatable bonds is 7. The molecular formula is C24H28N2O3. The summed E-state index contributed by atoms with van der Waals surface area (Å²) in [7, 11) is 0. The number of amides is 1. The summed E-state index contributed by atoms with van der Waals surface area (Å²) in [6.45, 7) is 6.00. The molecule has 0 radical (unpaired) electrons. The number of furan rings is 1. The molecule has 0 N–H and O–H groups in total. The predicted octanol–water partition coefficient (Wildman–Crippen LogP) is 4.91. The van der Waals surface area contributed by atoms with Gasteiger partial charge in [-0.25, -0.2) is 0 Å². The zero-order valence-corrected chi connectivity index (χ0v) is 17.2. The van der Waals surface area contributed by atoms with Crippen LogP contribution in [0, 0.1) is 6.92 Å². The lowest BCUT2D eigenvalue weighted by molar-refractivity contribution is 0.0485. The number of aromatic nitrogens is 1. The molecule has 0 spiro atoms. The molecule has 1 aliphatic heterocycles. The summed E-state index contributed by atoms with van der Waals surface area (Å²) in [5, 5.41) is 1.03. The molecule has 1 amide bonds. The fourth-order valence-electron chi connectivity index (χ4n) is 4.02. The van der Waals surface area contributed by atoms with Gasteiger partial charge in [0.1, 0.15) is 5.58 Å². The van der Waals surface area contributed by atoms with Crippen molar-refractivity contribution in [1.82, 2.24) is 9.88 Å². The van der Waals surface area contributed by atoms with Gasteiger partial charge in [-0.1, -0.05) is 19.4 Å². The van der Waals surface area contributed by atoms with Gasteiger partial charge >= 0.3 is 0 Å². The summed E-state index contributed by atoms with van der Waals surface area (Å²) in [5.41, 5.74) is 4.00. The third kappa shape index (κ3) is 4.35. The number of fused-ring (bicyclic) bond motifs is 1. The van der Waals surface area contributed by atoms with Gasteiger partial charge in [0.15, 0.2) is 5.76 Å². The second-order valence-corrected chi connectivity index (χ2v) is 7.81. The molecule has 1 atom stereocenters. The van der Waals surface area contributed by atoms with E-state index >= 15 is 0 Å². The Kier molecular flexibility index (Phi) is 5.95. The highest BCUT2D eigenvalue weighted by Gasteiger charge is 2.27. The highest BCUT2D eigenvalue weighted by Crippen LogP contribution is 2.28. The van der Waals surface area contributed by atoms with Crippen LogP contribution in [0.1, 0.15) is 53.4 Å². The third-order valence-electron chi connectivity index (χ3n) is 5.59. The van der Waals surface area contributed by atoms with Crippen LogP contribution >= 0.6 is 0 Å². The second-order valence-electron chi connectivity index (χ2n) is 7.81. The maximum atomic E-state index is 13.5. The number of benzene rings is 1. The molecule has 3 aromatic rings.